The summed E-state index contributed by atoms with van der Waals surface area (Å²) in [6.07, 6.45) is 1.35. The van der Waals surface area contributed by atoms with Crippen molar-refractivity contribution in [1.29, 1.82) is 0 Å². The Balaban J connectivity index is 1.71. The van der Waals surface area contributed by atoms with Crippen molar-refractivity contribution in [1.82, 2.24) is 5.43 Å². The number of nitrogens with zero attached hydrogens (tertiary/aromatic N) is 1. The first kappa shape index (κ1) is 22.7. The van der Waals surface area contributed by atoms with Crippen molar-refractivity contribution in [2.45, 2.75) is 18.7 Å². The number of carbonyl (C=O) groups is 2. The van der Waals surface area contributed by atoms with Crippen molar-refractivity contribution >= 4 is 33.8 Å². The molecule has 0 heterocycles. The summed E-state index contributed by atoms with van der Waals surface area (Å²) in [5.41, 5.74) is 5.43. The lowest BCUT2D eigenvalue weighted by atomic mass is 10.1. The van der Waals surface area contributed by atoms with Crippen molar-refractivity contribution < 1.29 is 23.1 Å². The highest BCUT2D eigenvalue weighted by atomic mass is 32.2. The van der Waals surface area contributed by atoms with Crippen LogP contribution in [0.1, 0.15) is 37.4 Å². The molecule has 0 spiro atoms. The predicted octanol–water partition coefficient (Wildman–Crippen LogP) is 3.57. The number of hydrazone groups is 1. The van der Waals surface area contributed by atoms with E-state index in [1.807, 2.05) is 26.0 Å². The van der Waals surface area contributed by atoms with Gasteiger partial charge < -0.3 is 5.11 Å². The largest absolute Gasteiger partial charge is 0.478 e. The average molecular weight is 452 g/mol. The number of hydrogen-bond acceptors (Lipinski definition) is 5. The highest BCUT2D eigenvalue weighted by Crippen LogP contribution is 2.21. The fourth-order valence-corrected chi connectivity index (χ4v) is 4.05. The minimum atomic E-state index is -3.90. The van der Waals surface area contributed by atoms with Crippen LogP contribution >= 0.6 is 0 Å². The molecule has 0 saturated carbocycles. The summed E-state index contributed by atoms with van der Waals surface area (Å²) in [5, 5.41) is 12.7. The van der Waals surface area contributed by atoms with Gasteiger partial charge in [-0.2, -0.15) is 5.10 Å². The number of amides is 1. The number of anilines is 1. The van der Waals surface area contributed by atoms with Gasteiger partial charge in [-0.1, -0.05) is 35.9 Å². The first-order chi connectivity index (χ1) is 15.2. The molecule has 0 radical (unpaired) electrons. The minimum Gasteiger partial charge on any atom is -0.478 e. The number of sulfonamides is 1. The zero-order chi connectivity index (χ0) is 23.3. The maximum Gasteiger partial charge on any atom is 0.335 e. The zero-order valence-corrected chi connectivity index (χ0v) is 18.2. The second-order valence-electron chi connectivity index (χ2n) is 7.08. The molecule has 9 heteroatoms. The molecular weight excluding hydrogens is 430 g/mol. The van der Waals surface area contributed by atoms with Gasteiger partial charge in [0.1, 0.15) is 0 Å². The van der Waals surface area contributed by atoms with Crippen molar-refractivity contribution in [3.05, 3.63) is 94.5 Å². The van der Waals surface area contributed by atoms with Crippen LogP contribution in [0.2, 0.25) is 0 Å². The van der Waals surface area contributed by atoms with Crippen LogP contribution in [0, 0.1) is 13.8 Å². The molecular formula is C23H21N3O5S. The number of aryl methyl sites for hydroxylation is 2. The number of hydrogen-bond donors (Lipinski definition) is 3. The van der Waals surface area contributed by atoms with Gasteiger partial charge in [-0.05, 0) is 61.4 Å². The number of nitrogens with one attached hydrogen (secondary N) is 2. The number of carbonyl (C=O) groups excluding carboxylic acids is 1. The van der Waals surface area contributed by atoms with E-state index in [1.165, 1.54) is 42.6 Å². The Labute approximate surface area is 185 Å². The van der Waals surface area contributed by atoms with Crippen LogP contribution in [0.4, 0.5) is 5.69 Å². The second kappa shape index (κ2) is 9.44. The van der Waals surface area contributed by atoms with Crippen molar-refractivity contribution in [2.24, 2.45) is 5.10 Å². The quantitative estimate of drug-likeness (QED) is 0.374. The molecule has 0 aliphatic rings. The SMILES string of the molecule is Cc1ccc(NS(=O)(=O)c2cccc(C(=O)N/N=C/c3ccc(C(=O)O)cc3)c2)c(C)c1. The van der Waals surface area contributed by atoms with Crippen LogP contribution in [0.5, 0.6) is 0 Å². The van der Waals surface area contributed by atoms with Gasteiger partial charge in [0.15, 0.2) is 0 Å². The fraction of sp³-hybridized carbons (Fsp3) is 0.0870. The molecule has 0 aromatic heterocycles. The summed E-state index contributed by atoms with van der Waals surface area (Å²) in [5.74, 6) is -1.63. The number of aromatic carboxylic acids is 1. The van der Waals surface area contributed by atoms with Crippen LogP contribution in [0.3, 0.4) is 0 Å². The van der Waals surface area contributed by atoms with E-state index in [-0.39, 0.29) is 16.0 Å². The normalized spacial score (nSPS) is 11.3. The first-order valence-corrected chi connectivity index (χ1v) is 11.0. The van der Waals surface area contributed by atoms with Gasteiger partial charge in [-0.15, -0.1) is 0 Å². The summed E-state index contributed by atoms with van der Waals surface area (Å²) in [6.45, 7) is 3.73. The van der Waals surface area contributed by atoms with Crippen LogP contribution in [0.15, 0.2) is 76.7 Å². The molecule has 0 atom stereocenters. The Hall–Kier alpha value is -3.98. The maximum absolute atomic E-state index is 12.8. The van der Waals surface area contributed by atoms with Crippen LogP contribution in [-0.2, 0) is 10.0 Å². The van der Waals surface area contributed by atoms with E-state index in [9.17, 15) is 18.0 Å². The van der Waals surface area contributed by atoms with Crippen LogP contribution in [0.25, 0.3) is 0 Å². The third-order valence-electron chi connectivity index (χ3n) is 4.57. The van der Waals surface area contributed by atoms with Gasteiger partial charge in [0, 0.05) is 5.56 Å². The standard InChI is InChI=1S/C23H21N3O5S/c1-15-6-11-21(16(2)12-15)26-32(30,31)20-5-3-4-19(13-20)22(27)25-24-14-17-7-9-18(10-8-17)23(28)29/h3-14,26H,1-2H3,(H,25,27)(H,28,29)/b24-14+. The highest BCUT2D eigenvalue weighted by Gasteiger charge is 2.17. The van der Waals surface area contributed by atoms with Gasteiger partial charge in [0.25, 0.3) is 15.9 Å². The van der Waals surface area contributed by atoms with E-state index in [0.29, 0.717) is 11.3 Å². The van der Waals surface area contributed by atoms with Gasteiger partial charge in [-0.3, -0.25) is 9.52 Å². The zero-order valence-electron chi connectivity index (χ0n) is 17.4. The lowest BCUT2D eigenvalue weighted by Crippen LogP contribution is -2.19. The second-order valence-corrected chi connectivity index (χ2v) is 8.76. The summed E-state index contributed by atoms with van der Waals surface area (Å²) < 4.78 is 28.1. The number of rotatable bonds is 7. The summed E-state index contributed by atoms with van der Waals surface area (Å²) >= 11 is 0. The molecule has 164 valence electrons. The summed E-state index contributed by atoms with van der Waals surface area (Å²) in [7, 11) is -3.90. The predicted molar refractivity (Wildman–Crippen MR) is 122 cm³/mol. The lowest BCUT2D eigenvalue weighted by molar-refractivity contribution is 0.0696. The van der Waals surface area contributed by atoms with Crippen molar-refractivity contribution in [3.8, 4) is 0 Å². The smallest absolute Gasteiger partial charge is 0.335 e. The van der Waals surface area contributed by atoms with E-state index < -0.39 is 21.9 Å². The highest BCUT2D eigenvalue weighted by molar-refractivity contribution is 7.92. The molecule has 0 bridgehead atoms. The van der Waals surface area contributed by atoms with Gasteiger partial charge >= 0.3 is 5.97 Å². The molecule has 3 N–H and O–H groups in total. The molecule has 0 aliphatic carbocycles. The molecule has 0 unspecified atom stereocenters. The van der Waals surface area contributed by atoms with Crippen LogP contribution in [-0.4, -0.2) is 31.6 Å². The third kappa shape index (κ3) is 5.58. The Morgan fingerprint density at radius 1 is 0.938 bits per heavy atom. The Morgan fingerprint density at radius 3 is 2.31 bits per heavy atom. The Morgan fingerprint density at radius 2 is 1.66 bits per heavy atom. The number of benzene rings is 3. The van der Waals surface area contributed by atoms with Gasteiger partial charge in [0.05, 0.1) is 22.4 Å². The molecule has 1 amide bonds. The fourth-order valence-electron chi connectivity index (χ4n) is 2.88. The summed E-state index contributed by atoms with van der Waals surface area (Å²) in [4.78, 5) is 23.2. The molecule has 3 aromatic rings. The third-order valence-corrected chi connectivity index (χ3v) is 5.93. The van der Waals surface area contributed by atoms with E-state index in [1.54, 1.807) is 18.2 Å². The molecule has 0 fully saturated rings. The summed E-state index contributed by atoms with van der Waals surface area (Å²) in [6, 6.07) is 16.9. The van der Waals surface area contributed by atoms with E-state index in [4.69, 9.17) is 5.11 Å². The Kier molecular flexibility index (Phi) is 6.70. The minimum absolute atomic E-state index is 0.0571. The molecule has 0 saturated heterocycles. The maximum atomic E-state index is 12.8. The van der Waals surface area contributed by atoms with E-state index in [2.05, 4.69) is 15.2 Å². The topological polar surface area (TPSA) is 125 Å². The van der Waals surface area contributed by atoms with Crippen molar-refractivity contribution in [2.75, 3.05) is 4.72 Å². The van der Waals surface area contributed by atoms with Crippen LogP contribution < -0.4 is 10.1 Å². The van der Waals surface area contributed by atoms with Gasteiger partial charge in [0.2, 0.25) is 0 Å². The number of carboxylic acids is 1. The monoisotopic (exact) mass is 451 g/mol. The molecule has 8 nitrogen and oxygen atoms in total. The first-order valence-electron chi connectivity index (χ1n) is 9.52. The molecule has 3 aromatic carbocycles. The average Bonchev–Trinajstić information content (AvgIpc) is 2.76. The lowest BCUT2D eigenvalue weighted by Gasteiger charge is -2.12. The molecule has 0 aliphatic heterocycles. The van der Waals surface area contributed by atoms with Gasteiger partial charge in [-0.25, -0.2) is 18.6 Å². The van der Waals surface area contributed by atoms with E-state index >= 15 is 0 Å². The van der Waals surface area contributed by atoms with Crippen molar-refractivity contribution in [3.63, 3.8) is 0 Å². The van der Waals surface area contributed by atoms with E-state index in [0.717, 1.165) is 11.1 Å². The number of carboxylic acid groups (broad SMARTS) is 1. The molecule has 3 rings (SSSR count). The molecule has 32 heavy (non-hydrogen) atoms. The Bertz CT molecular complexity index is 1300.